The molecule has 0 radical (unpaired) electrons. The van der Waals surface area contributed by atoms with Crippen molar-refractivity contribution in [2.75, 3.05) is 23.3 Å². The first-order valence-electron chi connectivity index (χ1n) is 10.1. The molecule has 4 rings (SSSR count). The lowest BCUT2D eigenvalue weighted by Gasteiger charge is -2.19. The smallest absolute Gasteiger partial charge is 0.264 e. The predicted molar refractivity (Wildman–Crippen MR) is 121 cm³/mol. The first kappa shape index (κ1) is 20.9. The highest BCUT2D eigenvalue weighted by atomic mass is 32.2. The van der Waals surface area contributed by atoms with Crippen LogP contribution in [0, 0.1) is 0 Å². The topological polar surface area (TPSA) is 75.7 Å². The molecule has 3 aromatic carbocycles. The molecule has 0 aliphatic heterocycles. The maximum atomic E-state index is 12.7. The molecule has 1 aliphatic carbocycles. The molecule has 0 aromatic heterocycles. The number of amides is 1. The predicted octanol–water partition coefficient (Wildman–Crippen LogP) is 4.02. The Morgan fingerprint density at radius 2 is 1.68 bits per heavy atom. The molecule has 3 aromatic rings. The van der Waals surface area contributed by atoms with Crippen LogP contribution in [-0.2, 0) is 27.7 Å². The summed E-state index contributed by atoms with van der Waals surface area (Å²) in [5.41, 5.74) is 3.92. The Bertz CT molecular complexity index is 1180. The van der Waals surface area contributed by atoms with Crippen LogP contribution in [0.15, 0.2) is 77.7 Å². The minimum absolute atomic E-state index is 0.130. The van der Waals surface area contributed by atoms with Crippen LogP contribution >= 0.6 is 0 Å². The number of anilines is 2. The molecule has 1 amide bonds. The second-order valence-electron chi connectivity index (χ2n) is 7.45. The van der Waals surface area contributed by atoms with Gasteiger partial charge in [-0.25, -0.2) is 8.42 Å². The summed E-state index contributed by atoms with van der Waals surface area (Å²) in [4.78, 5) is 12.4. The van der Waals surface area contributed by atoms with Crippen molar-refractivity contribution in [3.05, 3.63) is 83.9 Å². The fraction of sp³-hybridized carbons (Fsp3) is 0.208. The van der Waals surface area contributed by atoms with E-state index < -0.39 is 10.0 Å². The van der Waals surface area contributed by atoms with Crippen LogP contribution in [0.25, 0.3) is 0 Å². The quantitative estimate of drug-likeness (QED) is 0.607. The minimum atomic E-state index is -3.64. The number of sulfonamides is 1. The van der Waals surface area contributed by atoms with E-state index in [2.05, 4.69) is 11.4 Å². The zero-order chi connectivity index (χ0) is 21.8. The van der Waals surface area contributed by atoms with E-state index in [0.717, 1.165) is 24.9 Å². The molecule has 160 valence electrons. The van der Waals surface area contributed by atoms with Gasteiger partial charge in [0.15, 0.2) is 6.61 Å². The number of fused-ring (bicyclic) bond motifs is 1. The van der Waals surface area contributed by atoms with Gasteiger partial charge in [0.05, 0.1) is 10.6 Å². The lowest BCUT2D eigenvalue weighted by atomic mass is 10.1. The van der Waals surface area contributed by atoms with Gasteiger partial charge in [-0.15, -0.1) is 0 Å². The SMILES string of the molecule is CN(c1ccc(OCC(=O)Nc2ccc3c(c2)CCC3)cc1)S(=O)(=O)c1ccccc1. The molecule has 0 unspecified atom stereocenters. The molecule has 0 fully saturated rings. The number of hydrogen-bond donors (Lipinski definition) is 1. The van der Waals surface area contributed by atoms with Crippen molar-refractivity contribution < 1.29 is 17.9 Å². The second-order valence-corrected chi connectivity index (χ2v) is 9.42. The van der Waals surface area contributed by atoms with Crippen LogP contribution in [0.3, 0.4) is 0 Å². The number of nitrogens with zero attached hydrogens (tertiary/aromatic N) is 1. The third-order valence-electron chi connectivity index (χ3n) is 5.35. The Morgan fingerprint density at radius 1 is 0.968 bits per heavy atom. The van der Waals surface area contributed by atoms with Gasteiger partial charge in [0.25, 0.3) is 15.9 Å². The van der Waals surface area contributed by atoms with Gasteiger partial charge < -0.3 is 10.1 Å². The lowest BCUT2D eigenvalue weighted by Crippen LogP contribution is -2.26. The van der Waals surface area contributed by atoms with Crippen molar-refractivity contribution >= 4 is 27.3 Å². The summed E-state index contributed by atoms with van der Waals surface area (Å²) in [6.45, 7) is -0.130. The molecule has 0 bridgehead atoms. The number of carbonyl (C=O) groups excluding carboxylic acids is 1. The summed E-state index contributed by atoms with van der Waals surface area (Å²) < 4.78 is 32.2. The van der Waals surface area contributed by atoms with Gasteiger partial charge in [-0.3, -0.25) is 9.10 Å². The first-order valence-corrected chi connectivity index (χ1v) is 11.6. The van der Waals surface area contributed by atoms with Crippen molar-refractivity contribution in [3.63, 3.8) is 0 Å². The molecule has 0 saturated heterocycles. The second kappa shape index (κ2) is 8.81. The van der Waals surface area contributed by atoms with E-state index in [1.165, 1.54) is 22.5 Å². The molecule has 1 aliphatic rings. The monoisotopic (exact) mass is 436 g/mol. The summed E-state index contributed by atoms with van der Waals surface area (Å²) in [6, 6.07) is 20.9. The van der Waals surface area contributed by atoms with Gasteiger partial charge in [-0.2, -0.15) is 0 Å². The number of carbonyl (C=O) groups is 1. The zero-order valence-corrected chi connectivity index (χ0v) is 18.1. The molecular weight excluding hydrogens is 412 g/mol. The molecule has 0 heterocycles. The van der Waals surface area contributed by atoms with Crippen LogP contribution in [0.1, 0.15) is 17.5 Å². The van der Waals surface area contributed by atoms with Gasteiger partial charge in [-0.05, 0) is 78.9 Å². The Labute approximate surface area is 182 Å². The summed E-state index contributed by atoms with van der Waals surface area (Å²) in [6.07, 6.45) is 3.31. The third kappa shape index (κ3) is 4.72. The van der Waals surface area contributed by atoms with Crippen LogP contribution in [0.4, 0.5) is 11.4 Å². The summed E-state index contributed by atoms with van der Waals surface area (Å²) in [5.74, 6) is 0.240. The number of nitrogens with one attached hydrogen (secondary N) is 1. The fourth-order valence-electron chi connectivity index (χ4n) is 3.64. The van der Waals surface area contributed by atoms with E-state index in [1.807, 2.05) is 12.1 Å². The molecular formula is C24H24N2O4S. The molecule has 6 nitrogen and oxygen atoms in total. The van der Waals surface area contributed by atoms with Crippen molar-refractivity contribution in [1.82, 2.24) is 0 Å². The van der Waals surface area contributed by atoms with Crippen molar-refractivity contribution in [1.29, 1.82) is 0 Å². The van der Waals surface area contributed by atoms with Crippen LogP contribution in [0.2, 0.25) is 0 Å². The van der Waals surface area contributed by atoms with E-state index in [4.69, 9.17) is 4.74 Å². The standard InChI is InChI=1S/C24H24N2O4S/c1-26(31(28,29)23-8-3-2-4-9-23)21-12-14-22(15-13-21)30-17-24(27)25-20-11-10-18-6-5-7-19(18)16-20/h2-4,8-16H,5-7,17H2,1H3,(H,25,27). The van der Waals surface area contributed by atoms with Crippen LogP contribution in [0.5, 0.6) is 5.75 Å². The van der Waals surface area contributed by atoms with Crippen molar-refractivity contribution in [2.24, 2.45) is 0 Å². The minimum Gasteiger partial charge on any atom is -0.484 e. The van der Waals surface area contributed by atoms with E-state index in [9.17, 15) is 13.2 Å². The average molecular weight is 437 g/mol. The summed E-state index contributed by atoms with van der Waals surface area (Å²) in [7, 11) is -2.14. The van der Waals surface area contributed by atoms with E-state index in [-0.39, 0.29) is 17.4 Å². The molecule has 7 heteroatoms. The molecule has 0 spiro atoms. The number of benzene rings is 3. The Hall–Kier alpha value is -3.32. The van der Waals surface area contributed by atoms with E-state index >= 15 is 0 Å². The Morgan fingerprint density at radius 3 is 2.42 bits per heavy atom. The largest absolute Gasteiger partial charge is 0.484 e. The number of hydrogen-bond acceptors (Lipinski definition) is 4. The highest BCUT2D eigenvalue weighted by Gasteiger charge is 2.20. The lowest BCUT2D eigenvalue weighted by molar-refractivity contribution is -0.118. The molecule has 0 atom stereocenters. The zero-order valence-electron chi connectivity index (χ0n) is 17.2. The first-order chi connectivity index (χ1) is 14.9. The number of ether oxygens (including phenoxy) is 1. The van der Waals surface area contributed by atoms with Gasteiger partial charge in [0.2, 0.25) is 0 Å². The maximum Gasteiger partial charge on any atom is 0.264 e. The molecule has 0 saturated carbocycles. The molecule has 31 heavy (non-hydrogen) atoms. The normalized spacial score (nSPS) is 12.8. The average Bonchev–Trinajstić information content (AvgIpc) is 3.26. The summed E-state index contributed by atoms with van der Waals surface area (Å²) in [5, 5.41) is 2.86. The highest BCUT2D eigenvalue weighted by Crippen LogP contribution is 2.26. The third-order valence-corrected chi connectivity index (χ3v) is 7.15. The Kier molecular flexibility index (Phi) is 5.95. The molecule has 1 N–H and O–H groups in total. The van der Waals surface area contributed by atoms with E-state index in [0.29, 0.717) is 11.4 Å². The van der Waals surface area contributed by atoms with Gasteiger partial charge in [-0.1, -0.05) is 24.3 Å². The van der Waals surface area contributed by atoms with Gasteiger partial charge in [0, 0.05) is 12.7 Å². The number of rotatable bonds is 7. The van der Waals surface area contributed by atoms with Crippen molar-refractivity contribution in [2.45, 2.75) is 24.2 Å². The van der Waals surface area contributed by atoms with Gasteiger partial charge >= 0.3 is 0 Å². The van der Waals surface area contributed by atoms with Crippen molar-refractivity contribution in [3.8, 4) is 5.75 Å². The highest BCUT2D eigenvalue weighted by molar-refractivity contribution is 7.92. The van der Waals surface area contributed by atoms with E-state index in [1.54, 1.807) is 54.6 Å². The fourth-order valence-corrected chi connectivity index (χ4v) is 4.85. The maximum absolute atomic E-state index is 12.7. The summed E-state index contributed by atoms with van der Waals surface area (Å²) >= 11 is 0. The Balaban J connectivity index is 1.35. The van der Waals surface area contributed by atoms with Gasteiger partial charge in [0.1, 0.15) is 5.75 Å². The number of aryl methyl sites for hydroxylation is 2. The van der Waals surface area contributed by atoms with Crippen LogP contribution < -0.4 is 14.4 Å². The van der Waals surface area contributed by atoms with Crippen LogP contribution in [-0.4, -0.2) is 28.0 Å².